The van der Waals surface area contributed by atoms with Crippen molar-refractivity contribution < 1.29 is 14.7 Å². The van der Waals surface area contributed by atoms with Gasteiger partial charge in [0.25, 0.3) is 0 Å². The van der Waals surface area contributed by atoms with E-state index in [1.54, 1.807) is 28.2 Å². The van der Waals surface area contributed by atoms with E-state index in [-0.39, 0.29) is 6.03 Å². The van der Waals surface area contributed by atoms with Gasteiger partial charge in [-0.2, -0.15) is 11.3 Å². The quantitative estimate of drug-likeness (QED) is 0.923. The summed E-state index contributed by atoms with van der Waals surface area (Å²) in [6.07, 6.45) is 1.42. The number of urea groups is 1. The summed E-state index contributed by atoms with van der Waals surface area (Å²) >= 11 is 1.60. The molecule has 1 atom stereocenters. The molecule has 1 fully saturated rings. The maximum Gasteiger partial charge on any atom is 0.320 e. The van der Waals surface area contributed by atoms with E-state index in [0.29, 0.717) is 26.1 Å². The summed E-state index contributed by atoms with van der Waals surface area (Å²) in [7, 11) is 1.75. The van der Waals surface area contributed by atoms with Gasteiger partial charge in [0, 0.05) is 26.7 Å². The number of carboxylic acids is 1. The molecule has 0 radical (unpaired) electrons. The molecule has 1 aromatic rings. The number of hydrogen-bond acceptors (Lipinski definition) is 3. The average molecular weight is 282 g/mol. The number of aliphatic carboxylic acids is 1. The second kappa shape index (κ2) is 6.06. The van der Waals surface area contributed by atoms with Gasteiger partial charge in [-0.15, -0.1) is 0 Å². The van der Waals surface area contributed by atoms with Crippen LogP contribution in [-0.2, 0) is 11.3 Å². The summed E-state index contributed by atoms with van der Waals surface area (Å²) in [5, 5.41) is 13.0. The predicted molar refractivity (Wildman–Crippen MR) is 73.1 cm³/mol. The second-order valence-electron chi connectivity index (χ2n) is 4.89. The van der Waals surface area contributed by atoms with Gasteiger partial charge in [-0.1, -0.05) is 0 Å². The van der Waals surface area contributed by atoms with Crippen molar-refractivity contribution in [1.29, 1.82) is 0 Å². The molecule has 1 aliphatic rings. The summed E-state index contributed by atoms with van der Waals surface area (Å²) < 4.78 is 0. The van der Waals surface area contributed by atoms with Crippen LogP contribution in [0.1, 0.15) is 18.4 Å². The van der Waals surface area contributed by atoms with Gasteiger partial charge in [-0.05, 0) is 35.2 Å². The maximum absolute atomic E-state index is 12.3. The lowest BCUT2D eigenvalue weighted by molar-refractivity contribution is -0.143. The lowest BCUT2D eigenvalue weighted by atomic mass is 9.99. The Hall–Kier alpha value is -1.56. The van der Waals surface area contributed by atoms with E-state index in [4.69, 9.17) is 5.11 Å². The second-order valence-corrected chi connectivity index (χ2v) is 5.67. The average Bonchev–Trinajstić information content (AvgIpc) is 2.90. The van der Waals surface area contributed by atoms with Crippen LogP contribution in [0.3, 0.4) is 0 Å². The third-order valence-corrected chi connectivity index (χ3v) is 4.10. The van der Waals surface area contributed by atoms with Crippen molar-refractivity contribution in [2.45, 2.75) is 19.4 Å². The maximum atomic E-state index is 12.3. The lowest BCUT2D eigenvalue weighted by Crippen LogP contribution is -2.47. The van der Waals surface area contributed by atoms with Crippen molar-refractivity contribution in [2.24, 2.45) is 5.92 Å². The van der Waals surface area contributed by atoms with Crippen LogP contribution >= 0.6 is 11.3 Å². The van der Waals surface area contributed by atoms with Crippen LogP contribution in [0.4, 0.5) is 4.79 Å². The summed E-state index contributed by atoms with van der Waals surface area (Å²) in [4.78, 5) is 26.5. The molecule has 6 heteroatoms. The number of likely N-dealkylation sites (tertiary alicyclic amines) is 1. The number of carbonyl (C=O) groups is 2. The first-order valence-corrected chi connectivity index (χ1v) is 7.26. The summed E-state index contributed by atoms with van der Waals surface area (Å²) in [6.45, 7) is 1.54. The normalized spacial score (nSPS) is 19.2. The molecule has 0 bridgehead atoms. The Balaban J connectivity index is 1.93. The standard InChI is InChI=1S/C13H18N2O3S/c1-14(7-10-4-6-19-9-10)13(18)15-5-2-3-11(8-15)12(16)17/h4,6,9,11H,2-3,5,7-8H2,1H3,(H,16,17)/t11-/m1/s1. The van der Waals surface area contributed by atoms with Crippen LogP contribution in [0.15, 0.2) is 16.8 Å². The molecule has 1 aromatic heterocycles. The third kappa shape index (κ3) is 3.47. The zero-order valence-electron chi connectivity index (χ0n) is 10.9. The number of carboxylic acid groups (broad SMARTS) is 1. The van der Waals surface area contributed by atoms with Crippen molar-refractivity contribution in [1.82, 2.24) is 9.80 Å². The SMILES string of the molecule is CN(Cc1ccsc1)C(=O)N1CCC[C@@H](C(=O)O)C1. The molecule has 5 nitrogen and oxygen atoms in total. The topological polar surface area (TPSA) is 60.9 Å². The molecule has 0 aliphatic carbocycles. The van der Waals surface area contributed by atoms with Crippen LogP contribution in [0, 0.1) is 5.92 Å². The van der Waals surface area contributed by atoms with Crippen molar-refractivity contribution in [2.75, 3.05) is 20.1 Å². The largest absolute Gasteiger partial charge is 0.481 e. The highest BCUT2D eigenvalue weighted by Gasteiger charge is 2.29. The van der Waals surface area contributed by atoms with Crippen molar-refractivity contribution in [3.63, 3.8) is 0 Å². The molecule has 2 amide bonds. The molecule has 2 rings (SSSR count). The Kier molecular flexibility index (Phi) is 4.42. The van der Waals surface area contributed by atoms with E-state index in [2.05, 4.69) is 0 Å². The minimum atomic E-state index is -0.807. The van der Waals surface area contributed by atoms with Gasteiger partial charge in [0.15, 0.2) is 0 Å². The first-order valence-electron chi connectivity index (χ1n) is 6.32. The van der Waals surface area contributed by atoms with Gasteiger partial charge in [-0.25, -0.2) is 4.79 Å². The van der Waals surface area contributed by atoms with Crippen molar-refractivity contribution >= 4 is 23.3 Å². The van der Waals surface area contributed by atoms with Crippen LogP contribution in [0.25, 0.3) is 0 Å². The highest BCUT2D eigenvalue weighted by Crippen LogP contribution is 2.18. The number of nitrogens with zero attached hydrogens (tertiary/aromatic N) is 2. The Bertz CT molecular complexity index is 447. The molecule has 0 aromatic carbocycles. The van der Waals surface area contributed by atoms with Crippen LogP contribution in [0.2, 0.25) is 0 Å². The molecule has 104 valence electrons. The fourth-order valence-electron chi connectivity index (χ4n) is 2.32. The fraction of sp³-hybridized carbons (Fsp3) is 0.538. The van der Waals surface area contributed by atoms with E-state index < -0.39 is 11.9 Å². The van der Waals surface area contributed by atoms with Crippen molar-refractivity contribution in [3.05, 3.63) is 22.4 Å². The fourth-order valence-corrected chi connectivity index (χ4v) is 2.98. The van der Waals surface area contributed by atoms with E-state index in [1.165, 1.54) is 0 Å². The third-order valence-electron chi connectivity index (χ3n) is 3.37. The number of rotatable bonds is 3. The van der Waals surface area contributed by atoms with Crippen LogP contribution in [0.5, 0.6) is 0 Å². The summed E-state index contributed by atoms with van der Waals surface area (Å²) in [6, 6.07) is 1.90. The molecule has 1 aliphatic heterocycles. The van der Waals surface area contributed by atoms with E-state index in [9.17, 15) is 9.59 Å². The Morgan fingerprint density at radius 2 is 2.37 bits per heavy atom. The number of hydrogen-bond donors (Lipinski definition) is 1. The van der Waals surface area contributed by atoms with E-state index in [0.717, 1.165) is 12.0 Å². The van der Waals surface area contributed by atoms with E-state index in [1.807, 2.05) is 16.8 Å². The summed E-state index contributed by atoms with van der Waals surface area (Å²) in [5.41, 5.74) is 1.10. The Morgan fingerprint density at radius 1 is 1.58 bits per heavy atom. The van der Waals surface area contributed by atoms with Crippen molar-refractivity contribution in [3.8, 4) is 0 Å². The molecule has 19 heavy (non-hydrogen) atoms. The minimum absolute atomic E-state index is 0.0860. The first kappa shape index (κ1) is 13.9. The number of amides is 2. The molecular formula is C13H18N2O3S. The number of piperidine rings is 1. The van der Waals surface area contributed by atoms with Crippen LogP contribution in [-0.4, -0.2) is 47.0 Å². The highest BCUT2D eigenvalue weighted by molar-refractivity contribution is 7.07. The number of carbonyl (C=O) groups excluding carboxylic acids is 1. The lowest BCUT2D eigenvalue weighted by Gasteiger charge is -2.33. The molecular weight excluding hydrogens is 264 g/mol. The summed E-state index contributed by atoms with van der Waals surface area (Å²) in [5.74, 6) is -1.23. The molecule has 0 spiro atoms. The minimum Gasteiger partial charge on any atom is -0.481 e. The zero-order chi connectivity index (χ0) is 13.8. The monoisotopic (exact) mass is 282 g/mol. The molecule has 0 saturated carbocycles. The van der Waals surface area contributed by atoms with Gasteiger partial charge in [0.1, 0.15) is 0 Å². The van der Waals surface area contributed by atoms with Gasteiger partial charge in [0.05, 0.1) is 5.92 Å². The van der Waals surface area contributed by atoms with Gasteiger partial charge >= 0.3 is 12.0 Å². The first-order chi connectivity index (χ1) is 9.08. The zero-order valence-corrected chi connectivity index (χ0v) is 11.7. The van der Waals surface area contributed by atoms with Gasteiger partial charge in [0.2, 0.25) is 0 Å². The molecule has 2 heterocycles. The molecule has 1 N–H and O–H groups in total. The predicted octanol–water partition coefficient (Wildman–Crippen LogP) is 2.10. The van der Waals surface area contributed by atoms with Gasteiger partial charge in [-0.3, -0.25) is 4.79 Å². The Labute approximate surface area is 116 Å². The number of thiophene rings is 1. The van der Waals surface area contributed by atoms with Crippen LogP contribution < -0.4 is 0 Å². The van der Waals surface area contributed by atoms with Gasteiger partial charge < -0.3 is 14.9 Å². The Morgan fingerprint density at radius 3 is 3.00 bits per heavy atom. The van der Waals surface area contributed by atoms with E-state index >= 15 is 0 Å². The highest BCUT2D eigenvalue weighted by atomic mass is 32.1. The smallest absolute Gasteiger partial charge is 0.320 e. The molecule has 0 unspecified atom stereocenters. The molecule has 1 saturated heterocycles.